The van der Waals surface area contributed by atoms with E-state index in [1.807, 2.05) is 6.92 Å². The van der Waals surface area contributed by atoms with Gasteiger partial charge in [0.1, 0.15) is 5.92 Å². The highest BCUT2D eigenvalue weighted by atomic mass is 32.1. The Morgan fingerprint density at radius 1 is 1.45 bits per heavy atom. The fourth-order valence-corrected chi connectivity index (χ4v) is 4.39. The maximum Gasteiger partial charge on any atom is 0.315 e. The minimum atomic E-state index is -0.140. The smallest absolute Gasteiger partial charge is 0.315 e. The number of ether oxygens (including phenoxy) is 1. The Hall–Kier alpha value is -1.10. The van der Waals surface area contributed by atoms with Crippen molar-refractivity contribution < 1.29 is 9.53 Å². The van der Waals surface area contributed by atoms with Crippen molar-refractivity contribution >= 4 is 22.4 Å². The molecule has 0 spiro atoms. The van der Waals surface area contributed by atoms with E-state index in [9.17, 15) is 4.79 Å². The van der Waals surface area contributed by atoms with Crippen molar-refractivity contribution in [2.75, 3.05) is 11.9 Å². The lowest BCUT2D eigenvalue weighted by molar-refractivity contribution is -0.145. The van der Waals surface area contributed by atoms with Crippen molar-refractivity contribution in [3.8, 4) is 0 Å². The number of rotatable bonds is 4. The molecule has 1 heterocycles. The Labute approximate surface area is 123 Å². The van der Waals surface area contributed by atoms with Gasteiger partial charge in [-0.05, 0) is 44.9 Å². The number of carbonyl (C=O) groups is 1. The molecule has 0 aliphatic heterocycles. The number of nitrogens with one attached hydrogen (secondary N) is 1. The Morgan fingerprint density at radius 3 is 3.00 bits per heavy atom. The summed E-state index contributed by atoms with van der Waals surface area (Å²) < 4.78 is 5.14. The summed E-state index contributed by atoms with van der Waals surface area (Å²) in [5, 5.41) is 4.54. The SMILES string of the molecule is CCOC(=O)C1CCc2sc(NC3CCC(C)C3)nc21. The van der Waals surface area contributed by atoms with E-state index in [0.29, 0.717) is 12.6 Å². The summed E-state index contributed by atoms with van der Waals surface area (Å²) in [6, 6.07) is 0.553. The van der Waals surface area contributed by atoms with Gasteiger partial charge in [0.05, 0.1) is 12.3 Å². The number of thiazole rings is 1. The molecule has 110 valence electrons. The zero-order valence-electron chi connectivity index (χ0n) is 12.1. The first kappa shape index (κ1) is 13.9. The van der Waals surface area contributed by atoms with Gasteiger partial charge >= 0.3 is 5.97 Å². The highest BCUT2D eigenvalue weighted by Crippen LogP contribution is 2.40. The fourth-order valence-electron chi connectivity index (χ4n) is 3.27. The van der Waals surface area contributed by atoms with Crippen LogP contribution in [0, 0.1) is 5.92 Å². The first-order valence-electron chi connectivity index (χ1n) is 7.60. The number of nitrogens with zero attached hydrogens (tertiary/aromatic N) is 1. The summed E-state index contributed by atoms with van der Waals surface area (Å²) in [4.78, 5) is 17.9. The highest BCUT2D eigenvalue weighted by Gasteiger charge is 2.34. The summed E-state index contributed by atoms with van der Waals surface area (Å²) in [7, 11) is 0. The number of aryl methyl sites for hydroxylation is 1. The Kier molecular flexibility index (Phi) is 3.96. The van der Waals surface area contributed by atoms with Crippen molar-refractivity contribution in [2.24, 2.45) is 5.92 Å². The van der Waals surface area contributed by atoms with Crippen LogP contribution >= 0.6 is 11.3 Å². The van der Waals surface area contributed by atoms with Crippen molar-refractivity contribution in [1.29, 1.82) is 0 Å². The summed E-state index contributed by atoms with van der Waals surface area (Å²) in [6.07, 6.45) is 5.57. The molecule has 20 heavy (non-hydrogen) atoms. The van der Waals surface area contributed by atoms with Gasteiger partial charge in [-0.15, -0.1) is 11.3 Å². The van der Waals surface area contributed by atoms with E-state index >= 15 is 0 Å². The molecule has 1 aromatic heterocycles. The van der Waals surface area contributed by atoms with Gasteiger partial charge < -0.3 is 10.1 Å². The van der Waals surface area contributed by atoms with Crippen molar-refractivity contribution in [3.63, 3.8) is 0 Å². The molecule has 3 unspecified atom stereocenters. The second-order valence-corrected chi connectivity index (χ2v) is 7.01. The topological polar surface area (TPSA) is 51.2 Å². The zero-order chi connectivity index (χ0) is 14.1. The van der Waals surface area contributed by atoms with Crippen LogP contribution in [0.1, 0.15) is 56.0 Å². The number of aromatic nitrogens is 1. The van der Waals surface area contributed by atoms with Gasteiger partial charge in [-0.25, -0.2) is 4.98 Å². The Balaban J connectivity index is 1.68. The maximum atomic E-state index is 11.9. The van der Waals surface area contributed by atoms with Crippen LogP contribution in [0.2, 0.25) is 0 Å². The lowest BCUT2D eigenvalue weighted by Gasteiger charge is -2.11. The molecule has 0 amide bonds. The number of hydrogen-bond donors (Lipinski definition) is 1. The van der Waals surface area contributed by atoms with E-state index in [-0.39, 0.29) is 11.9 Å². The summed E-state index contributed by atoms with van der Waals surface area (Å²) in [5.74, 6) is 0.559. The maximum absolute atomic E-state index is 11.9. The van der Waals surface area contributed by atoms with Gasteiger partial charge in [-0.3, -0.25) is 4.79 Å². The van der Waals surface area contributed by atoms with E-state index in [2.05, 4.69) is 17.2 Å². The monoisotopic (exact) mass is 294 g/mol. The van der Waals surface area contributed by atoms with Crippen LogP contribution in [0.25, 0.3) is 0 Å². The predicted octanol–water partition coefficient (Wildman–Crippen LogP) is 3.34. The first-order valence-corrected chi connectivity index (χ1v) is 8.41. The lowest BCUT2D eigenvalue weighted by atomic mass is 10.1. The highest BCUT2D eigenvalue weighted by molar-refractivity contribution is 7.15. The fraction of sp³-hybridized carbons (Fsp3) is 0.733. The quantitative estimate of drug-likeness (QED) is 0.865. The number of anilines is 1. The van der Waals surface area contributed by atoms with Gasteiger partial charge in [-0.1, -0.05) is 6.92 Å². The molecule has 2 aliphatic carbocycles. The Bertz CT molecular complexity index is 500. The van der Waals surface area contributed by atoms with E-state index < -0.39 is 0 Å². The first-order chi connectivity index (χ1) is 9.67. The number of carbonyl (C=O) groups excluding carboxylic acids is 1. The molecule has 1 N–H and O–H groups in total. The average molecular weight is 294 g/mol. The van der Waals surface area contributed by atoms with Crippen molar-refractivity contribution in [1.82, 2.24) is 4.98 Å². The summed E-state index contributed by atoms with van der Waals surface area (Å²) in [5.41, 5.74) is 0.960. The molecule has 2 aliphatic rings. The van der Waals surface area contributed by atoms with Crippen LogP contribution in [-0.2, 0) is 16.0 Å². The van der Waals surface area contributed by atoms with Crippen LogP contribution < -0.4 is 5.32 Å². The lowest BCUT2D eigenvalue weighted by Crippen LogP contribution is -2.16. The van der Waals surface area contributed by atoms with Crippen LogP contribution in [0.15, 0.2) is 0 Å². The Morgan fingerprint density at radius 2 is 2.30 bits per heavy atom. The van der Waals surface area contributed by atoms with Gasteiger partial charge in [0.25, 0.3) is 0 Å². The third-order valence-corrected chi connectivity index (χ3v) is 5.37. The van der Waals surface area contributed by atoms with Crippen LogP contribution in [0.3, 0.4) is 0 Å². The molecule has 1 fully saturated rings. The molecule has 1 saturated carbocycles. The largest absolute Gasteiger partial charge is 0.465 e. The summed E-state index contributed by atoms with van der Waals surface area (Å²) >= 11 is 1.72. The van der Waals surface area contributed by atoms with E-state index in [1.54, 1.807) is 11.3 Å². The molecule has 5 heteroatoms. The van der Waals surface area contributed by atoms with Crippen molar-refractivity contribution in [3.05, 3.63) is 10.6 Å². The third-order valence-electron chi connectivity index (χ3n) is 4.31. The molecule has 0 bridgehead atoms. The average Bonchev–Trinajstić information content (AvgIpc) is 3.05. The normalized spacial score (nSPS) is 28.4. The van der Waals surface area contributed by atoms with Gasteiger partial charge in [0, 0.05) is 10.9 Å². The molecule has 3 rings (SSSR count). The zero-order valence-corrected chi connectivity index (χ0v) is 13.0. The van der Waals surface area contributed by atoms with Crippen LogP contribution in [0.4, 0.5) is 5.13 Å². The second-order valence-electron chi connectivity index (χ2n) is 5.93. The number of fused-ring (bicyclic) bond motifs is 1. The molecule has 0 radical (unpaired) electrons. The molecule has 0 aromatic carbocycles. The second kappa shape index (κ2) is 5.72. The van der Waals surface area contributed by atoms with Gasteiger partial charge in [-0.2, -0.15) is 0 Å². The molecule has 1 aromatic rings. The van der Waals surface area contributed by atoms with E-state index in [0.717, 1.165) is 29.6 Å². The van der Waals surface area contributed by atoms with Crippen LogP contribution in [0.5, 0.6) is 0 Å². The molecule has 3 atom stereocenters. The minimum Gasteiger partial charge on any atom is -0.465 e. The molecule has 0 saturated heterocycles. The van der Waals surface area contributed by atoms with Crippen LogP contribution in [-0.4, -0.2) is 23.6 Å². The number of hydrogen-bond acceptors (Lipinski definition) is 5. The van der Waals surface area contributed by atoms with Crippen molar-refractivity contribution in [2.45, 2.75) is 57.9 Å². The summed E-state index contributed by atoms with van der Waals surface area (Å²) in [6.45, 7) is 4.60. The molecular weight excluding hydrogens is 272 g/mol. The minimum absolute atomic E-state index is 0.113. The standard InChI is InChI=1S/C15H22N2O2S/c1-3-19-14(18)11-6-7-12-13(11)17-15(20-12)16-10-5-4-9(2)8-10/h9-11H,3-8H2,1-2H3,(H,16,17). The molecular formula is C15H22N2O2S. The third kappa shape index (κ3) is 2.68. The number of esters is 1. The van der Waals surface area contributed by atoms with E-state index in [4.69, 9.17) is 4.74 Å². The van der Waals surface area contributed by atoms with E-state index in [1.165, 1.54) is 24.1 Å². The van der Waals surface area contributed by atoms with Gasteiger partial charge in [0.2, 0.25) is 0 Å². The van der Waals surface area contributed by atoms with Gasteiger partial charge in [0.15, 0.2) is 5.13 Å². The molecule has 4 nitrogen and oxygen atoms in total. The predicted molar refractivity (Wildman–Crippen MR) is 80.2 cm³/mol.